The van der Waals surface area contributed by atoms with E-state index in [1.165, 1.54) is 18.2 Å². The van der Waals surface area contributed by atoms with Crippen LogP contribution in [0.3, 0.4) is 0 Å². The average molecular weight is 384 g/mol. The van der Waals surface area contributed by atoms with Crippen LogP contribution in [0.25, 0.3) is 11.0 Å². The summed E-state index contributed by atoms with van der Waals surface area (Å²) in [6.45, 7) is 3.96. The van der Waals surface area contributed by atoms with E-state index < -0.39 is 17.8 Å². The zero-order valence-corrected chi connectivity index (χ0v) is 15.6. The van der Waals surface area contributed by atoms with Crippen LogP contribution in [0.1, 0.15) is 36.0 Å². The number of carbonyl (C=O) groups is 2. The van der Waals surface area contributed by atoms with Crippen LogP contribution in [0, 0.1) is 5.82 Å². The maximum absolute atomic E-state index is 13.2. The average Bonchev–Trinajstić information content (AvgIpc) is 3.12. The van der Waals surface area contributed by atoms with Crippen LogP contribution >= 0.6 is 0 Å². The Bertz CT molecular complexity index is 999. The van der Waals surface area contributed by atoms with Gasteiger partial charge in [-0.2, -0.15) is 0 Å². The highest BCUT2D eigenvalue weighted by Gasteiger charge is 2.17. The largest absolute Gasteiger partial charge is 0.490 e. The molecule has 0 aliphatic rings. The molecule has 146 valence electrons. The Morgan fingerprint density at radius 3 is 2.71 bits per heavy atom. The highest BCUT2D eigenvalue weighted by Crippen LogP contribution is 2.31. The molecule has 3 aromatic rings. The van der Waals surface area contributed by atoms with Crippen molar-refractivity contribution in [3.63, 3.8) is 0 Å². The number of para-hydroxylation sites is 1. The molecule has 7 heteroatoms. The van der Waals surface area contributed by atoms with E-state index in [0.29, 0.717) is 23.7 Å². The molecule has 1 atom stereocenters. The summed E-state index contributed by atoms with van der Waals surface area (Å²) >= 11 is 0. The smallest absolute Gasteiger partial charge is 0.251 e. The van der Waals surface area contributed by atoms with E-state index in [2.05, 4.69) is 10.6 Å². The van der Waals surface area contributed by atoms with Crippen LogP contribution in [-0.2, 0) is 4.79 Å². The molecule has 0 saturated carbocycles. The summed E-state index contributed by atoms with van der Waals surface area (Å²) in [5, 5.41) is 6.11. The van der Waals surface area contributed by atoms with Gasteiger partial charge < -0.3 is 19.8 Å². The molecule has 2 amide bonds. The van der Waals surface area contributed by atoms with E-state index in [-0.39, 0.29) is 18.0 Å². The molecule has 28 heavy (non-hydrogen) atoms. The van der Waals surface area contributed by atoms with Crippen LogP contribution in [-0.4, -0.2) is 25.0 Å². The van der Waals surface area contributed by atoms with Crippen molar-refractivity contribution in [1.82, 2.24) is 10.6 Å². The summed E-state index contributed by atoms with van der Waals surface area (Å²) in [4.78, 5) is 24.1. The van der Waals surface area contributed by atoms with Crippen LogP contribution in [0.15, 0.2) is 52.9 Å². The van der Waals surface area contributed by atoms with Gasteiger partial charge in [0.2, 0.25) is 5.91 Å². The zero-order chi connectivity index (χ0) is 20.1. The summed E-state index contributed by atoms with van der Waals surface area (Å²) in [7, 11) is 0. The quantitative estimate of drug-likeness (QED) is 0.653. The fourth-order valence-corrected chi connectivity index (χ4v) is 2.79. The second-order valence-corrected chi connectivity index (χ2v) is 6.24. The van der Waals surface area contributed by atoms with Crippen molar-refractivity contribution >= 4 is 22.8 Å². The Labute approximate surface area is 161 Å². The van der Waals surface area contributed by atoms with E-state index >= 15 is 0 Å². The third kappa shape index (κ3) is 4.49. The summed E-state index contributed by atoms with van der Waals surface area (Å²) in [6, 6.07) is 12.3. The molecule has 0 aliphatic carbocycles. The second-order valence-electron chi connectivity index (χ2n) is 6.24. The van der Waals surface area contributed by atoms with Crippen molar-refractivity contribution in [2.75, 3.05) is 13.2 Å². The van der Waals surface area contributed by atoms with Crippen LogP contribution in [0.5, 0.6) is 5.75 Å². The van der Waals surface area contributed by atoms with Gasteiger partial charge in [0.15, 0.2) is 11.3 Å². The normalized spacial score (nSPS) is 11.8. The lowest BCUT2D eigenvalue weighted by atomic mass is 10.2. The first-order valence-corrected chi connectivity index (χ1v) is 8.96. The molecule has 1 unspecified atom stereocenters. The Balaban J connectivity index is 1.60. The fourth-order valence-electron chi connectivity index (χ4n) is 2.79. The molecule has 3 rings (SSSR count). The number of ether oxygens (including phenoxy) is 1. The van der Waals surface area contributed by atoms with Gasteiger partial charge in [-0.1, -0.05) is 18.2 Å². The molecule has 0 fully saturated rings. The van der Waals surface area contributed by atoms with Gasteiger partial charge in [-0.3, -0.25) is 9.59 Å². The van der Waals surface area contributed by atoms with Crippen molar-refractivity contribution in [2.24, 2.45) is 0 Å². The molecule has 0 saturated heterocycles. The van der Waals surface area contributed by atoms with E-state index in [1.54, 1.807) is 6.92 Å². The SMILES string of the molecule is CCOc1cccc2cc(C(C)NC(=O)CNC(=O)c3cccc(F)c3)oc12. The Hall–Kier alpha value is -3.35. The Morgan fingerprint density at radius 1 is 1.18 bits per heavy atom. The fraction of sp³-hybridized carbons (Fsp3) is 0.238. The van der Waals surface area contributed by atoms with E-state index in [1.807, 2.05) is 31.2 Å². The lowest BCUT2D eigenvalue weighted by molar-refractivity contribution is -0.120. The van der Waals surface area contributed by atoms with Gasteiger partial charge >= 0.3 is 0 Å². The topological polar surface area (TPSA) is 80.6 Å². The van der Waals surface area contributed by atoms with Crippen molar-refractivity contribution in [3.8, 4) is 5.75 Å². The zero-order valence-electron chi connectivity index (χ0n) is 15.6. The molecule has 1 heterocycles. The van der Waals surface area contributed by atoms with Gasteiger partial charge in [0.1, 0.15) is 11.6 Å². The first-order chi connectivity index (χ1) is 13.5. The monoisotopic (exact) mass is 384 g/mol. The van der Waals surface area contributed by atoms with Gasteiger partial charge in [0, 0.05) is 10.9 Å². The van der Waals surface area contributed by atoms with Crippen molar-refractivity contribution in [3.05, 3.63) is 65.7 Å². The first-order valence-electron chi connectivity index (χ1n) is 8.96. The van der Waals surface area contributed by atoms with Crippen molar-refractivity contribution in [1.29, 1.82) is 0 Å². The Morgan fingerprint density at radius 2 is 1.96 bits per heavy atom. The van der Waals surface area contributed by atoms with E-state index in [0.717, 1.165) is 11.5 Å². The number of furan rings is 1. The number of hydrogen-bond donors (Lipinski definition) is 2. The number of benzene rings is 2. The molecule has 6 nitrogen and oxygen atoms in total. The first kappa shape index (κ1) is 19.4. The highest BCUT2D eigenvalue weighted by atomic mass is 19.1. The molecule has 0 spiro atoms. The van der Waals surface area contributed by atoms with Gasteiger partial charge in [-0.25, -0.2) is 4.39 Å². The number of halogens is 1. The summed E-state index contributed by atoms with van der Waals surface area (Å²) < 4.78 is 24.6. The van der Waals surface area contributed by atoms with E-state index in [9.17, 15) is 14.0 Å². The number of hydrogen-bond acceptors (Lipinski definition) is 4. The van der Waals surface area contributed by atoms with Crippen molar-refractivity contribution < 1.29 is 23.1 Å². The number of amides is 2. The van der Waals surface area contributed by atoms with Crippen LogP contribution in [0.2, 0.25) is 0 Å². The minimum absolute atomic E-state index is 0.154. The molecule has 1 aromatic heterocycles. The van der Waals surface area contributed by atoms with Gasteiger partial charge in [0.25, 0.3) is 5.91 Å². The minimum atomic E-state index is -0.521. The third-order valence-electron chi connectivity index (χ3n) is 4.13. The molecular formula is C21H21FN2O4. The molecule has 0 radical (unpaired) electrons. The standard InChI is InChI=1S/C21H21FN2O4/c1-3-27-17-9-5-6-14-11-18(28-20(14)17)13(2)24-19(25)12-23-21(26)15-7-4-8-16(22)10-15/h4-11,13H,3,12H2,1-2H3,(H,23,26)(H,24,25). The summed E-state index contributed by atoms with van der Waals surface area (Å²) in [5.41, 5.74) is 0.779. The lowest BCUT2D eigenvalue weighted by Crippen LogP contribution is -2.37. The molecule has 0 aliphatic heterocycles. The highest BCUT2D eigenvalue weighted by molar-refractivity contribution is 5.96. The predicted molar refractivity (Wildman–Crippen MR) is 103 cm³/mol. The molecule has 2 aromatic carbocycles. The number of carbonyl (C=O) groups excluding carboxylic acids is 2. The summed E-state index contributed by atoms with van der Waals surface area (Å²) in [5.74, 6) is -0.198. The Kier molecular flexibility index (Phi) is 5.93. The minimum Gasteiger partial charge on any atom is -0.490 e. The van der Waals surface area contributed by atoms with Crippen LogP contribution < -0.4 is 15.4 Å². The van der Waals surface area contributed by atoms with Gasteiger partial charge in [-0.05, 0) is 44.2 Å². The maximum atomic E-state index is 13.2. The van der Waals surface area contributed by atoms with Crippen molar-refractivity contribution in [2.45, 2.75) is 19.9 Å². The second kappa shape index (κ2) is 8.56. The molecule has 0 bridgehead atoms. The van der Waals surface area contributed by atoms with Gasteiger partial charge in [-0.15, -0.1) is 0 Å². The molecule has 2 N–H and O–H groups in total. The number of fused-ring (bicyclic) bond motifs is 1. The maximum Gasteiger partial charge on any atom is 0.251 e. The van der Waals surface area contributed by atoms with Gasteiger partial charge in [0.05, 0.1) is 19.2 Å². The van der Waals surface area contributed by atoms with Crippen LogP contribution in [0.4, 0.5) is 4.39 Å². The number of rotatable bonds is 7. The number of nitrogens with one attached hydrogen (secondary N) is 2. The summed E-state index contributed by atoms with van der Waals surface area (Å²) in [6.07, 6.45) is 0. The predicted octanol–water partition coefficient (Wildman–Crippen LogP) is 3.58. The third-order valence-corrected chi connectivity index (χ3v) is 4.13. The molecular weight excluding hydrogens is 363 g/mol. The van der Waals surface area contributed by atoms with E-state index in [4.69, 9.17) is 9.15 Å². The lowest BCUT2D eigenvalue weighted by Gasteiger charge is -2.12.